The van der Waals surface area contributed by atoms with E-state index in [1.807, 2.05) is 6.92 Å². The summed E-state index contributed by atoms with van der Waals surface area (Å²) < 4.78 is 80.4. The van der Waals surface area contributed by atoms with Crippen LogP contribution < -0.4 is 19.6 Å². The van der Waals surface area contributed by atoms with Gasteiger partial charge in [-0.1, -0.05) is 0 Å². The molecular formula is C38H56N4O22P7+3. The van der Waals surface area contributed by atoms with Crippen molar-refractivity contribution in [1.82, 2.24) is 0 Å². The van der Waals surface area contributed by atoms with Gasteiger partial charge in [-0.05, 0) is 113 Å². The van der Waals surface area contributed by atoms with Crippen LogP contribution in [0.1, 0.15) is 45.9 Å². The SMILES string of the molecule is CCN(C[P+](=O)O)c1cc(C)c(O)c(Cc2cc(N(C[P+](=O)O)C[P+](=O)O)ccc2O)c1.Cc1cc(N(CP(=O)(O)O)CP(=O)(O)O)cc(Cc2cc(N(CP(=O)(O)O)CP(=O)(O)O)cc(C)c2O)c1O. The molecule has 392 valence electrons. The fraction of sp³-hybridized carbons (Fsp3) is 0.368. The Bertz CT molecular complexity index is 2650. The minimum Gasteiger partial charge on any atom is -0.508 e. The molecule has 0 amide bonds. The molecular weight excluding hydrogens is 1080 g/mol. The van der Waals surface area contributed by atoms with Crippen molar-refractivity contribution >= 4 is 77.2 Å². The summed E-state index contributed by atoms with van der Waals surface area (Å²) in [5.41, 5.74) is 2.66. The number of nitrogens with zero attached hydrogens (tertiary/aromatic N) is 4. The van der Waals surface area contributed by atoms with Gasteiger partial charge in [0.15, 0.2) is 0 Å². The molecule has 33 heteroatoms. The van der Waals surface area contributed by atoms with Crippen molar-refractivity contribution in [2.24, 2.45) is 0 Å². The summed E-state index contributed by atoms with van der Waals surface area (Å²) in [7, 11) is -26.8. The second-order valence-corrected chi connectivity index (χ2v) is 25.6. The Hall–Kier alpha value is -3.94. The zero-order valence-corrected chi connectivity index (χ0v) is 44.5. The molecule has 0 bridgehead atoms. The molecule has 4 aromatic carbocycles. The van der Waals surface area contributed by atoms with Gasteiger partial charge in [0.1, 0.15) is 48.1 Å². The zero-order chi connectivity index (χ0) is 54.1. The van der Waals surface area contributed by atoms with E-state index in [1.165, 1.54) is 61.2 Å². The van der Waals surface area contributed by atoms with Gasteiger partial charge in [-0.15, -0.1) is 0 Å². The first-order chi connectivity index (χ1) is 32.4. The summed E-state index contributed by atoms with van der Waals surface area (Å²) in [5, 5.41) is 42.2. The van der Waals surface area contributed by atoms with Crippen molar-refractivity contribution in [3.63, 3.8) is 0 Å². The van der Waals surface area contributed by atoms with Crippen molar-refractivity contribution in [2.45, 2.75) is 40.5 Å². The molecule has 71 heavy (non-hydrogen) atoms. The third-order valence-corrected chi connectivity index (χ3v) is 14.6. The molecule has 3 atom stereocenters. The third-order valence-electron chi connectivity index (χ3n) is 10.1. The number of aromatic hydroxyl groups is 4. The minimum atomic E-state index is -4.80. The number of anilines is 4. The Morgan fingerprint density at radius 2 is 0.704 bits per heavy atom. The predicted molar refractivity (Wildman–Crippen MR) is 264 cm³/mol. The monoisotopic (exact) mass is 1140 g/mol. The summed E-state index contributed by atoms with van der Waals surface area (Å²) in [6, 6.07) is 12.6. The second kappa shape index (κ2) is 25.3. The van der Waals surface area contributed by atoms with Crippen LogP contribution >= 0.6 is 54.5 Å². The first kappa shape index (κ1) is 61.4. The van der Waals surface area contributed by atoms with E-state index in [9.17, 15) is 106 Å². The lowest BCUT2D eigenvalue weighted by Crippen LogP contribution is -2.26. The highest BCUT2D eigenvalue weighted by molar-refractivity contribution is 7.53. The van der Waals surface area contributed by atoms with Gasteiger partial charge in [0.05, 0.1) is 0 Å². The topological polar surface area (TPSA) is 436 Å². The van der Waals surface area contributed by atoms with Crippen LogP contribution in [0.4, 0.5) is 22.7 Å². The molecule has 0 radical (unpaired) electrons. The average molecular weight is 1140 g/mol. The third kappa shape index (κ3) is 20.5. The smallest absolute Gasteiger partial charge is 0.508 e. The van der Waals surface area contributed by atoms with Crippen LogP contribution in [0.15, 0.2) is 54.6 Å². The second-order valence-electron chi connectivity index (χ2n) is 16.2. The maximum Gasteiger partial charge on any atom is 0.527 e. The summed E-state index contributed by atoms with van der Waals surface area (Å²) >= 11 is 0. The maximum absolute atomic E-state index is 11.6. The number of rotatable bonds is 23. The predicted octanol–water partition coefficient (Wildman–Crippen LogP) is 5.17. The largest absolute Gasteiger partial charge is 0.527 e. The van der Waals surface area contributed by atoms with Gasteiger partial charge in [0, 0.05) is 64.4 Å². The normalized spacial score (nSPS) is 12.7. The molecule has 3 unspecified atom stereocenters. The van der Waals surface area contributed by atoms with E-state index in [2.05, 4.69) is 0 Å². The fourth-order valence-electron chi connectivity index (χ4n) is 7.08. The standard InChI is InChI=1S/C19H30N2O14P4.C19H23N2O8P3/c1-12-3-16(20(8-36(24,25)26)9-37(27,28)29)6-14(18(12)22)5-15-7-17(4-13(2)19(15)23)21(10-38(30,31)32)11-39(33,34)35;1-3-20(10-30(24)25)17-6-13(2)19(23)15(9-17)7-14-8-16(4-5-18(14)22)21(11-31(26)27)12-32(28)29/h3-4,6-7,22-23H,5,8-11H2,1-2H3,(H2,24,25,26)(H2,27,28,29)(H2,30,31,32)(H2,33,34,35);4-6,8-9H,3,7,10-12H2,1-2H3,(H2-3,22,23,24,25,26,27,28,29)/p+3. The molecule has 0 aliphatic carbocycles. The van der Waals surface area contributed by atoms with Gasteiger partial charge in [-0.3, -0.25) is 23.2 Å². The quantitative estimate of drug-likeness (QED) is 0.0426. The Kier molecular flexibility index (Phi) is 21.9. The summed E-state index contributed by atoms with van der Waals surface area (Å²) in [5.74, 6) is -0.716. The molecule has 0 heterocycles. The summed E-state index contributed by atoms with van der Waals surface area (Å²) in [4.78, 5) is 108. The molecule has 0 saturated heterocycles. The zero-order valence-electron chi connectivity index (χ0n) is 38.3. The van der Waals surface area contributed by atoms with Crippen molar-refractivity contribution in [3.8, 4) is 23.0 Å². The number of phenols is 4. The Morgan fingerprint density at radius 1 is 0.423 bits per heavy atom. The van der Waals surface area contributed by atoms with Crippen molar-refractivity contribution < 1.29 is 106 Å². The molecule has 15 N–H and O–H groups in total. The molecule has 0 spiro atoms. The van der Waals surface area contributed by atoms with Crippen molar-refractivity contribution in [3.05, 3.63) is 93.5 Å². The van der Waals surface area contributed by atoms with Crippen molar-refractivity contribution in [1.29, 1.82) is 0 Å². The Morgan fingerprint density at radius 3 is 1.00 bits per heavy atom. The van der Waals surface area contributed by atoms with Gasteiger partial charge < -0.3 is 74.3 Å². The van der Waals surface area contributed by atoms with Crippen LogP contribution in [0.3, 0.4) is 0 Å². The summed E-state index contributed by atoms with van der Waals surface area (Å²) in [6.45, 7) is 6.84. The number of aryl methyl sites for hydroxylation is 3. The average Bonchev–Trinajstić information content (AvgIpc) is 3.19. The number of phenolic OH excluding ortho intramolecular Hbond substituents is 4. The first-order valence-electron chi connectivity index (χ1n) is 20.3. The van der Waals surface area contributed by atoms with E-state index in [0.717, 1.165) is 9.80 Å². The van der Waals surface area contributed by atoms with E-state index in [1.54, 1.807) is 24.0 Å². The molecule has 0 aromatic heterocycles. The van der Waals surface area contributed by atoms with E-state index >= 15 is 0 Å². The molecule has 0 fully saturated rings. The molecule has 0 saturated carbocycles. The summed E-state index contributed by atoms with van der Waals surface area (Å²) in [6.07, 6.45) is -5.21. The van der Waals surface area contributed by atoms with E-state index in [-0.39, 0.29) is 88.3 Å². The lowest BCUT2D eigenvalue weighted by molar-refractivity contribution is 0.362. The van der Waals surface area contributed by atoms with E-state index in [0.29, 0.717) is 34.6 Å². The highest BCUT2D eigenvalue weighted by Crippen LogP contribution is 2.46. The van der Waals surface area contributed by atoms with Gasteiger partial charge in [0.25, 0.3) is 18.9 Å². The molecule has 4 rings (SSSR count). The maximum atomic E-state index is 11.6. The van der Waals surface area contributed by atoms with Gasteiger partial charge >= 0.3 is 54.5 Å². The highest BCUT2D eigenvalue weighted by atomic mass is 31.2. The number of hydrogen-bond donors (Lipinski definition) is 15. The van der Waals surface area contributed by atoms with Crippen molar-refractivity contribution in [2.75, 3.05) is 70.1 Å². The van der Waals surface area contributed by atoms with E-state index < -0.39 is 79.6 Å². The lowest BCUT2D eigenvalue weighted by Gasteiger charge is -2.27. The van der Waals surface area contributed by atoms with Crippen LogP contribution in [0.5, 0.6) is 23.0 Å². The van der Waals surface area contributed by atoms with Crippen LogP contribution in [-0.2, 0) is 44.8 Å². The van der Waals surface area contributed by atoms with Gasteiger partial charge in [-0.25, -0.2) is 0 Å². The van der Waals surface area contributed by atoms with Crippen LogP contribution in [0, 0.1) is 20.8 Å². The molecule has 0 aliphatic rings. The Labute approximate surface area is 409 Å². The molecule has 0 aliphatic heterocycles. The number of benzene rings is 4. The highest BCUT2D eigenvalue weighted by Gasteiger charge is 2.31. The van der Waals surface area contributed by atoms with E-state index in [4.69, 9.17) is 0 Å². The Balaban J connectivity index is 0.000000383. The lowest BCUT2D eigenvalue weighted by atomic mass is 9.97. The van der Waals surface area contributed by atoms with Crippen LogP contribution in [-0.4, -0.2) is 125 Å². The van der Waals surface area contributed by atoms with Crippen LogP contribution in [0.25, 0.3) is 0 Å². The molecule has 4 aromatic rings. The number of hydrogen-bond acceptors (Lipinski definition) is 15. The minimum absolute atomic E-state index is 0.0109. The van der Waals surface area contributed by atoms with Gasteiger partial charge in [0.2, 0.25) is 0 Å². The molecule has 26 nitrogen and oxygen atoms in total. The van der Waals surface area contributed by atoms with Gasteiger partial charge in [-0.2, -0.15) is 14.7 Å². The van der Waals surface area contributed by atoms with Crippen LogP contribution in [0.2, 0.25) is 0 Å². The first-order valence-corrected chi connectivity index (χ1v) is 31.7. The fourth-order valence-corrected chi connectivity index (χ4v) is 12.2.